The molecule has 2 fully saturated rings. The van der Waals surface area contributed by atoms with E-state index in [2.05, 4.69) is 15.4 Å². The Bertz CT molecular complexity index is 4250. The summed E-state index contributed by atoms with van der Waals surface area (Å²) in [6.45, 7) is 2.66. The minimum atomic E-state index is -0.685. The van der Waals surface area contributed by atoms with E-state index in [0.29, 0.717) is 95.5 Å². The fraction of sp³-hybridized carbons (Fsp3) is 0.179. The third kappa shape index (κ3) is 8.32. The van der Waals surface area contributed by atoms with Crippen LogP contribution in [0, 0.1) is 23.3 Å². The summed E-state index contributed by atoms with van der Waals surface area (Å²) in [5.41, 5.74) is 18.0. The number of benzene rings is 5. The number of nitrogens with one attached hydrogen (secondary N) is 1. The van der Waals surface area contributed by atoms with Gasteiger partial charge >= 0.3 is 0 Å². The molecule has 3 N–H and O–H groups in total. The smallest absolute Gasteiger partial charge is 0.274 e. The average Bonchev–Trinajstić information content (AvgIpc) is 4.26. The lowest BCUT2D eigenvalue weighted by Crippen LogP contribution is -2.49. The van der Waals surface area contributed by atoms with E-state index < -0.39 is 23.3 Å². The number of hydrogen-bond donors (Lipinski definition) is 2. The number of aromatic nitrogens is 10. The molecule has 2 amide bonds. The van der Waals surface area contributed by atoms with Gasteiger partial charge in [-0.2, -0.15) is 0 Å². The number of piperazine rings is 1. The van der Waals surface area contributed by atoms with Gasteiger partial charge in [0.05, 0.1) is 66.1 Å². The summed E-state index contributed by atoms with van der Waals surface area (Å²) in [6.07, 6.45) is 6.79. The van der Waals surface area contributed by atoms with Gasteiger partial charge in [0.1, 0.15) is 34.7 Å². The number of hydrogen-bond acceptors (Lipinski definition) is 11. The van der Waals surface area contributed by atoms with Crippen molar-refractivity contribution in [2.24, 2.45) is 14.1 Å². The molecule has 13 rings (SSSR count). The van der Waals surface area contributed by atoms with E-state index in [1.807, 2.05) is 59.6 Å². The number of anilines is 3. The Labute approximate surface area is 440 Å². The van der Waals surface area contributed by atoms with Gasteiger partial charge in [0.15, 0.2) is 28.1 Å². The molecule has 8 heterocycles. The van der Waals surface area contributed by atoms with Crippen LogP contribution in [-0.4, -0.2) is 117 Å². The molecule has 0 atom stereocenters. The van der Waals surface area contributed by atoms with Crippen LogP contribution < -0.4 is 20.7 Å². The van der Waals surface area contributed by atoms with Crippen LogP contribution >= 0.6 is 0 Å². The summed E-state index contributed by atoms with van der Waals surface area (Å²) in [4.78, 5) is 57.7. The van der Waals surface area contributed by atoms with Crippen molar-refractivity contribution in [3.05, 3.63) is 163 Å². The fourth-order valence-corrected chi connectivity index (χ4v) is 10.5. The van der Waals surface area contributed by atoms with E-state index in [1.165, 1.54) is 36.4 Å². The van der Waals surface area contributed by atoms with Crippen molar-refractivity contribution in [3.63, 3.8) is 0 Å². The second kappa shape index (κ2) is 18.8. The van der Waals surface area contributed by atoms with Crippen molar-refractivity contribution in [3.8, 4) is 45.0 Å². The molecule has 0 radical (unpaired) electrons. The summed E-state index contributed by atoms with van der Waals surface area (Å²) in [5, 5.41) is 0. The molecule has 18 nitrogen and oxygen atoms in total. The highest BCUT2D eigenvalue weighted by Gasteiger charge is 2.31. The zero-order chi connectivity index (χ0) is 53.5. The van der Waals surface area contributed by atoms with Gasteiger partial charge in [-0.3, -0.25) is 18.4 Å². The first-order chi connectivity index (χ1) is 37.8. The van der Waals surface area contributed by atoms with Crippen LogP contribution in [0.3, 0.4) is 0 Å². The highest BCUT2D eigenvalue weighted by molar-refractivity contribution is 5.97. The van der Waals surface area contributed by atoms with Crippen LogP contribution in [0.25, 0.3) is 78.4 Å². The van der Waals surface area contributed by atoms with Gasteiger partial charge in [-0.25, -0.2) is 52.5 Å². The Morgan fingerprint density at radius 2 is 1.22 bits per heavy atom. The fourth-order valence-electron chi connectivity index (χ4n) is 10.5. The number of aryl methyl sites for hydroxylation is 2. The SMILES string of the molecule is Cn1cnc2ccc(-c3c(-c4cccc(F)c4)nc(N[n+]4cn(C)c5cc(-c6c(-c7cccc(F)c7)nc(N)c7nc(C(=O)N8CCOCC8)cn67)ccc54)c4nc(C(=O)N5CCN(c6ccc(F)cc6F)CC5)cn34)cc21. The highest BCUT2D eigenvalue weighted by atomic mass is 19.1. The number of amides is 2. The number of nitrogen functional groups attached to an aromatic ring is 1. The molecule has 78 heavy (non-hydrogen) atoms. The molecule has 0 saturated carbocycles. The molecule has 22 heteroatoms. The maximum absolute atomic E-state index is 15.3. The van der Waals surface area contributed by atoms with Crippen LogP contribution in [0.1, 0.15) is 21.0 Å². The quantitative estimate of drug-likeness (QED) is 0.108. The third-order valence-electron chi connectivity index (χ3n) is 14.4. The number of nitrogens with two attached hydrogens (primary N) is 1. The molecule has 6 aromatic heterocycles. The molecule has 0 spiro atoms. The van der Waals surface area contributed by atoms with Crippen molar-refractivity contribution in [1.82, 2.24) is 52.7 Å². The van der Waals surface area contributed by atoms with Crippen LogP contribution in [0.5, 0.6) is 0 Å². The molecule has 2 aliphatic rings. The van der Waals surface area contributed by atoms with Crippen molar-refractivity contribution >= 4 is 62.5 Å². The largest absolute Gasteiger partial charge is 0.381 e. The van der Waals surface area contributed by atoms with Gasteiger partial charge in [-0.05, 0) is 66.7 Å². The molecular weight excluding hydrogens is 1010 g/mol. The molecule has 0 bridgehead atoms. The predicted octanol–water partition coefficient (Wildman–Crippen LogP) is 7.55. The number of nitrogens with zero attached hydrogens (tertiary/aromatic N) is 13. The number of rotatable bonds is 9. The van der Waals surface area contributed by atoms with Crippen LogP contribution in [0.2, 0.25) is 0 Å². The first-order valence-electron chi connectivity index (χ1n) is 25.0. The number of imidazole rings is 4. The van der Waals surface area contributed by atoms with E-state index in [9.17, 15) is 22.8 Å². The molecule has 2 aliphatic heterocycles. The zero-order valence-corrected chi connectivity index (χ0v) is 41.9. The maximum atomic E-state index is 15.3. The summed E-state index contributed by atoms with van der Waals surface area (Å²) in [7, 11) is 3.75. The second-order valence-corrected chi connectivity index (χ2v) is 19.3. The van der Waals surface area contributed by atoms with E-state index in [1.54, 1.807) is 77.5 Å². The standard InChI is InChI=1S/C56H46F4N15O3/c1-68-30-62-40-12-9-34(25-45(40)68)50-48(33-6-4-8-37(58)24-33)66-52(54-64-42(29-74(50)54)55(76)71-17-15-70(16-18-71)43-14-11-38(59)27-39(43)60)67-75-31-69(2)46-26-35(10-13-44(46)75)49-47(32-5-3-7-36(57)23-32)65-51(61)53-63-41(28-73(49)53)56(77)72-19-21-78-22-20-72/h3-14,23-31H,15-22H2,1-2H3,(H2,61,65)(H,66,67)/q+1. The molecule has 0 unspecified atom stereocenters. The van der Waals surface area contributed by atoms with E-state index in [-0.39, 0.29) is 64.9 Å². The van der Waals surface area contributed by atoms with Gasteiger partial charge in [-0.1, -0.05) is 30.3 Å². The average molecular weight is 1050 g/mol. The number of halogens is 4. The minimum Gasteiger partial charge on any atom is -0.381 e. The molecular formula is C56H46F4N15O3+. The molecule has 2 saturated heterocycles. The van der Waals surface area contributed by atoms with Gasteiger partial charge in [0.2, 0.25) is 5.82 Å². The normalized spacial score (nSPS) is 14.2. The Hall–Kier alpha value is -9.70. The minimum absolute atomic E-state index is 0.0472. The van der Waals surface area contributed by atoms with E-state index >= 15 is 4.39 Å². The van der Waals surface area contributed by atoms with Crippen LogP contribution in [0.15, 0.2) is 128 Å². The Morgan fingerprint density at radius 3 is 1.88 bits per heavy atom. The van der Waals surface area contributed by atoms with Crippen LogP contribution in [-0.2, 0) is 18.8 Å². The Morgan fingerprint density at radius 1 is 0.615 bits per heavy atom. The summed E-state index contributed by atoms with van der Waals surface area (Å²) >= 11 is 0. The van der Waals surface area contributed by atoms with E-state index in [0.717, 1.165) is 17.1 Å². The van der Waals surface area contributed by atoms with Crippen molar-refractivity contribution in [2.45, 2.75) is 0 Å². The predicted molar refractivity (Wildman–Crippen MR) is 283 cm³/mol. The summed E-state index contributed by atoms with van der Waals surface area (Å²) in [5.74, 6) is -2.73. The van der Waals surface area contributed by atoms with E-state index in [4.69, 9.17) is 25.4 Å². The van der Waals surface area contributed by atoms with Gasteiger partial charge in [0.25, 0.3) is 18.1 Å². The second-order valence-electron chi connectivity index (χ2n) is 19.3. The lowest BCUT2D eigenvalue weighted by atomic mass is 10.0. The number of ether oxygens (including phenoxy) is 1. The number of fused-ring (bicyclic) bond motifs is 4. The molecule has 390 valence electrons. The topological polar surface area (TPSA) is 178 Å². The molecule has 0 aliphatic carbocycles. The summed E-state index contributed by atoms with van der Waals surface area (Å²) < 4.78 is 73.5. The van der Waals surface area contributed by atoms with Gasteiger partial charge < -0.3 is 29.7 Å². The van der Waals surface area contributed by atoms with Gasteiger partial charge in [0, 0.05) is 87.0 Å². The van der Waals surface area contributed by atoms with Crippen molar-refractivity contribution in [1.29, 1.82) is 0 Å². The zero-order valence-electron chi connectivity index (χ0n) is 41.9. The molecule has 5 aromatic carbocycles. The summed E-state index contributed by atoms with van der Waals surface area (Å²) in [6, 6.07) is 27.0. The first-order valence-corrected chi connectivity index (χ1v) is 25.0. The first kappa shape index (κ1) is 48.0. The Balaban J connectivity index is 0.942. The monoisotopic (exact) mass is 1050 g/mol. The van der Waals surface area contributed by atoms with Crippen molar-refractivity contribution < 1.29 is 36.6 Å². The number of carbonyl (C=O) groups is 2. The lowest BCUT2D eigenvalue weighted by Gasteiger charge is -2.35. The van der Waals surface area contributed by atoms with Gasteiger partial charge in [-0.15, -0.1) is 4.68 Å². The van der Waals surface area contributed by atoms with Crippen LogP contribution in [0.4, 0.5) is 34.9 Å². The number of morpholine rings is 1. The molecule has 11 aromatic rings. The highest BCUT2D eigenvalue weighted by Crippen LogP contribution is 2.38. The lowest BCUT2D eigenvalue weighted by molar-refractivity contribution is -0.616. The maximum Gasteiger partial charge on any atom is 0.274 e. The third-order valence-corrected chi connectivity index (χ3v) is 14.4. The Kier molecular flexibility index (Phi) is 11.6. The van der Waals surface area contributed by atoms with Crippen molar-refractivity contribution in [2.75, 3.05) is 68.5 Å². The number of carbonyl (C=O) groups excluding carboxylic acids is 2.